The second-order valence-corrected chi connectivity index (χ2v) is 6.89. The quantitative estimate of drug-likeness (QED) is 0.791. The van der Waals surface area contributed by atoms with Crippen LogP contribution in [0, 0.1) is 11.3 Å². The van der Waals surface area contributed by atoms with E-state index in [1.54, 1.807) is 4.90 Å². The summed E-state index contributed by atoms with van der Waals surface area (Å²) < 4.78 is 0. The van der Waals surface area contributed by atoms with Crippen LogP contribution in [0.2, 0.25) is 0 Å². The topological polar surface area (TPSA) is 63.4 Å². The molecule has 1 spiro atoms. The number of carbonyl (C=O) groups excluding carboxylic acids is 2. The second kappa shape index (κ2) is 4.30. The molecule has 2 amide bonds. The fourth-order valence-corrected chi connectivity index (χ4v) is 4.08. The smallest absolute Gasteiger partial charge is 0.236 e. The molecule has 1 unspecified atom stereocenters. The van der Waals surface area contributed by atoms with Crippen molar-refractivity contribution in [3.63, 3.8) is 0 Å². The lowest BCUT2D eigenvalue weighted by atomic mass is 9.73. The Bertz CT molecular complexity index is 410. The Kier molecular flexibility index (Phi) is 2.97. The summed E-state index contributed by atoms with van der Waals surface area (Å²) >= 11 is 0. The van der Waals surface area contributed by atoms with Gasteiger partial charge in [-0.3, -0.25) is 14.5 Å². The second-order valence-electron chi connectivity index (χ2n) is 6.89. The molecule has 2 saturated carbocycles. The van der Waals surface area contributed by atoms with Crippen molar-refractivity contribution in [1.82, 2.24) is 4.90 Å². The molecule has 0 aromatic carbocycles. The molecule has 1 atom stereocenters. The van der Waals surface area contributed by atoms with Crippen molar-refractivity contribution in [3.8, 4) is 0 Å². The summed E-state index contributed by atoms with van der Waals surface area (Å²) in [6, 6.07) is 0. The summed E-state index contributed by atoms with van der Waals surface area (Å²) in [5, 5.41) is 0. The largest absolute Gasteiger partial charge is 0.328 e. The summed E-state index contributed by atoms with van der Waals surface area (Å²) in [5.74, 6) is 0.521. The van der Waals surface area contributed by atoms with Gasteiger partial charge in [-0.2, -0.15) is 0 Å². The number of rotatable bonds is 3. The van der Waals surface area contributed by atoms with Gasteiger partial charge in [-0.05, 0) is 38.5 Å². The zero-order chi connectivity index (χ0) is 13.7. The van der Waals surface area contributed by atoms with Crippen LogP contribution in [0.15, 0.2) is 0 Å². The molecule has 4 nitrogen and oxygen atoms in total. The molecule has 3 aliphatic rings. The van der Waals surface area contributed by atoms with Crippen LogP contribution >= 0.6 is 0 Å². The molecule has 2 aliphatic carbocycles. The third-order valence-electron chi connectivity index (χ3n) is 5.59. The van der Waals surface area contributed by atoms with Gasteiger partial charge in [-0.1, -0.05) is 19.3 Å². The first kappa shape index (κ1) is 13.1. The molecular weight excluding hydrogens is 240 g/mol. The van der Waals surface area contributed by atoms with Gasteiger partial charge in [0.1, 0.15) is 0 Å². The van der Waals surface area contributed by atoms with Crippen molar-refractivity contribution >= 4 is 11.8 Å². The zero-order valence-electron chi connectivity index (χ0n) is 11.8. The first-order valence-electron chi connectivity index (χ1n) is 7.61. The standard InChI is InChI=1S/C15H24N2O2/c1-14(10-16,11-5-6-11)17-12(18)9-15(13(17)19)7-3-2-4-8-15/h11H,2-10,16H2,1H3. The fraction of sp³-hybridized carbons (Fsp3) is 0.867. The number of carbonyl (C=O) groups is 2. The van der Waals surface area contributed by atoms with Crippen LogP contribution in [0.1, 0.15) is 58.3 Å². The highest BCUT2D eigenvalue weighted by atomic mass is 16.2. The minimum atomic E-state index is -0.435. The van der Waals surface area contributed by atoms with Crippen LogP contribution in [-0.2, 0) is 9.59 Å². The van der Waals surface area contributed by atoms with E-state index in [9.17, 15) is 9.59 Å². The Morgan fingerprint density at radius 2 is 1.89 bits per heavy atom. The van der Waals surface area contributed by atoms with E-state index in [-0.39, 0.29) is 17.2 Å². The van der Waals surface area contributed by atoms with Crippen LogP contribution in [0.5, 0.6) is 0 Å². The number of hydrogen-bond acceptors (Lipinski definition) is 3. The summed E-state index contributed by atoms with van der Waals surface area (Å²) in [5.41, 5.74) is 5.11. The molecule has 0 aromatic rings. The van der Waals surface area contributed by atoms with Gasteiger partial charge in [0, 0.05) is 13.0 Å². The van der Waals surface area contributed by atoms with E-state index in [1.807, 2.05) is 6.92 Å². The van der Waals surface area contributed by atoms with Gasteiger partial charge in [-0.15, -0.1) is 0 Å². The van der Waals surface area contributed by atoms with Crippen molar-refractivity contribution in [3.05, 3.63) is 0 Å². The molecule has 3 fully saturated rings. The highest BCUT2D eigenvalue weighted by Gasteiger charge is 2.59. The molecule has 3 rings (SSSR count). The van der Waals surface area contributed by atoms with Gasteiger partial charge in [-0.25, -0.2) is 0 Å². The van der Waals surface area contributed by atoms with Gasteiger partial charge >= 0.3 is 0 Å². The lowest BCUT2D eigenvalue weighted by Crippen LogP contribution is -2.57. The van der Waals surface area contributed by atoms with E-state index in [2.05, 4.69) is 0 Å². The van der Waals surface area contributed by atoms with Gasteiger partial charge in [0.25, 0.3) is 0 Å². The monoisotopic (exact) mass is 264 g/mol. The van der Waals surface area contributed by atoms with Crippen LogP contribution in [0.4, 0.5) is 0 Å². The van der Waals surface area contributed by atoms with Crippen molar-refractivity contribution in [2.45, 2.75) is 63.8 Å². The van der Waals surface area contributed by atoms with Crippen molar-refractivity contribution in [2.24, 2.45) is 17.1 Å². The Morgan fingerprint density at radius 1 is 1.26 bits per heavy atom. The van der Waals surface area contributed by atoms with Crippen LogP contribution in [-0.4, -0.2) is 28.8 Å². The predicted octanol–water partition coefficient (Wildman–Crippen LogP) is 1.82. The number of nitrogens with zero attached hydrogens (tertiary/aromatic N) is 1. The number of amides is 2. The average molecular weight is 264 g/mol. The predicted molar refractivity (Wildman–Crippen MR) is 72.2 cm³/mol. The van der Waals surface area contributed by atoms with E-state index in [0.29, 0.717) is 18.9 Å². The maximum atomic E-state index is 12.9. The third kappa shape index (κ3) is 1.83. The van der Waals surface area contributed by atoms with Crippen molar-refractivity contribution < 1.29 is 9.59 Å². The molecule has 1 aliphatic heterocycles. The lowest BCUT2D eigenvalue weighted by molar-refractivity contribution is -0.149. The van der Waals surface area contributed by atoms with Crippen LogP contribution in [0.3, 0.4) is 0 Å². The van der Waals surface area contributed by atoms with Gasteiger partial charge in [0.2, 0.25) is 11.8 Å². The maximum Gasteiger partial charge on any atom is 0.236 e. The van der Waals surface area contributed by atoms with E-state index in [4.69, 9.17) is 5.73 Å². The molecule has 0 aromatic heterocycles. The third-order valence-corrected chi connectivity index (χ3v) is 5.59. The molecule has 2 N–H and O–H groups in total. The minimum Gasteiger partial charge on any atom is -0.328 e. The van der Waals surface area contributed by atoms with E-state index in [1.165, 1.54) is 6.42 Å². The minimum absolute atomic E-state index is 0.0201. The Morgan fingerprint density at radius 3 is 2.42 bits per heavy atom. The number of imide groups is 1. The Hall–Kier alpha value is -0.900. The average Bonchev–Trinajstić information content (AvgIpc) is 3.21. The highest BCUT2D eigenvalue weighted by Crippen LogP contribution is 2.51. The van der Waals surface area contributed by atoms with Crippen molar-refractivity contribution in [2.75, 3.05) is 6.54 Å². The molecular formula is C15H24N2O2. The van der Waals surface area contributed by atoms with Gasteiger partial charge in [0.15, 0.2) is 0 Å². The molecule has 0 bridgehead atoms. The van der Waals surface area contributed by atoms with Crippen molar-refractivity contribution in [1.29, 1.82) is 0 Å². The molecule has 4 heteroatoms. The number of hydrogen-bond donors (Lipinski definition) is 1. The Labute approximate surface area is 114 Å². The SMILES string of the molecule is CC(CN)(C1CC1)N1C(=O)CC2(CCCCC2)C1=O. The molecule has 19 heavy (non-hydrogen) atoms. The molecule has 106 valence electrons. The first-order chi connectivity index (χ1) is 9.03. The maximum absolute atomic E-state index is 12.9. The van der Waals surface area contributed by atoms with Gasteiger partial charge < -0.3 is 5.73 Å². The van der Waals surface area contributed by atoms with Gasteiger partial charge in [0.05, 0.1) is 11.0 Å². The number of nitrogens with two attached hydrogens (primary N) is 1. The fourth-order valence-electron chi connectivity index (χ4n) is 4.08. The van der Waals surface area contributed by atoms with E-state index >= 15 is 0 Å². The summed E-state index contributed by atoms with van der Waals surface area (Å²) in [6.07, 6.45) is 7.74. The number of likely N-dealkylation sites (tertiary alicyclic amines) is 1. The van der Waals surface area contributed by atoms with E-state index in [0.717, 1.165) is 38.5 Å². The first-order valence-corrected chi connectivity index (χ1v) is 7.61. The molecule has 1 saturated heterocycles. The van der Waals surface area contributed by atoms with E-state index < -0.39 is 5.54 Å². The molecule has 0 radical (unpaired) electrons. The normalized spacial score (nSPS) is 29.9. The summed E-state index contributed by atoms with van der Waals surface area (Å²) in [4.78, 5) is 26.9. The summed E-state index contributed by atoms with van der Waals surface area (Å²) in [6.45, 7) is 2.40. The Balaban J connectivity index is 1.90. The van der Waals surface area contributed by atoms with Crippen LogP contribution in [0.25, 0.3) is 0 Å². The highest BCUT2D eigenvalue weighted by molar-refractivity contribution is 6.06. The summed E-state index contributed by atoms with van der Waals surface area (Å²) in [7, 11) is 0. The lowest BCUT2D eigenvalue weighted by Gasteiger charge is -2.39. The zero-order valence-corrected chi connectivity index (χ0v) is 11.8. The van der Waals surface area contributed by atoms with Crippen LogP contribution < -0.4 is 5.73 Å². The molecule has 1 heterocycles.